The Kier molecular flexibility index (Phi) is 8.50. The normalized spacial score (nSPS) is 10.4. The van der Waals surface area contributed by atoms with Crippen molar-refractivity contribution in [2.45, 2.75) is 37.8 Å². The second kappa shape index (κ2) is 11.1. The lowest BCUT2D eigenvalue weighted by molar-refractivity contribution is -0.113. The maximum absolute atomic E-state index is 12.0. The smallest absolute Gasteiger partial charge is 0.338 e. The van der Waals surface area contributed by atoms with Crippen molar-refractivity contribution in [1.82, 2.24) is 15.2 Å². The van der Waals surface area contributed by atoms with Gasteiger partial charge in [0.2, 0.25) is 5.91 Å². The topological polar surface area (TPSA) is 114 Å². The molecule has 0 atom stereocenters. The van der Waals surface area contributed by atoms with E-state index in [9.17, 15) is 14.4 Å². The van der Waals surface area contributed by atoms with Gasteiger partial charge in [-0.25, -0.2) is 4.79 Å². The molecule has 0 spiro atoms. The molecule has 1 heterocycles. The average Bonchev–Trinajstić information content (AvgIpc) is 2.67. The Bertz CT molecular complexity index is 808. The third-order valence-corrected chi connectivity index (χ3v) is 4.39. The molecule has 0 saturated carbocycles. The molecule has 0 radical (unpaired) electrons. The highest BCUT2D eigenvalue weighted by atomic mass is 32.2. The highest BCUT2D eigenvalue weighted by Gasteiger charge is 2.09. The Morgan fingerprint density at radius 2 is 1.96 bits per heavy atom. The summed E-state index contributed by atoms with van der Waals surface area (Å²) >= 11 is 1.07. The van der Waals surface area contributed by atoms with Crippen molar-refractivity contribution in [3.8, 4) is 0 Å². The maximum Gasteiger partial charge on any atom is 0.338 e. The summed E-state index contributed by atoms with van der Waals surface area (Å²) in [6.07, 6.45) is 5.24. The summed E-state index contributed by atoms with van der Waals surface area (Å²) in [4.78, 5) is 37.5. The SMILES string of the molecule is CCCCCCOC(=O)c1ccc(NC(=O)CSc2nncc(=O)[nH]2)cc1. The molecule has 0 aliphatic rings. The van der Waals surface area contributed by atoms with Crippen LogP contribution >= 0.6 is 11.8 Å². The Balaban J connectivity index is 1.76. The van der Waals surface area contributed by atoms with Crippen LogP contribution in [-0.4, -0.2) is 39.4 Å². The molecule has 1 amide bonds. The number of H-pyrrole nitrogens is 1. The van der Waals surface area contributed by atoms with Crippen LogP contribution in [0, 0.1) is 0 Å². The second-order valence-electron chi connectivity index (χ2n) is 5.75. The van der Waals surface area contributed by atoms with Crippen LogP contribution in [0.1, 0.15) is 43.0 Å². The molecular formula is C18H22N4O4S. The van der Waals surface area contributed by atoms with Crippen LogP contribution in [0.15, 0.2) is 40.4 Å². The van der Waals surface area contributed by atoms with Crippen molar-refractivity contribution >= 4 is 29.3 Å². The van der Waals surface area contributed by atoms with Crippen molar-refractivity contribution in [2.24, 2.45) is 0 Å². The summed E-state index contributed by atoms with van der Waals surface area (Å²) in [5.74, 6) is -0.569. The van der Waals surface area contributed by atoms with Crippen LogP contribution in [0.4, 0.5) is 5.69 Å². The Morgan fingerprint density at radius 3 is 2.67 bits per heavy atom. The minimum Gasteiger partial charge on any atom is -0.462 e. The number of anilines is 1. The zero-order valence-electron chi connectivity index (χ0n) is 15.1. The third kappa shape index (κ3) is 7.61. The zero-order valence-corrected chi connectivity index (χ0v) is 15.9. The first-order chi connectivity index (χ1) is 13.1. The van der Waals surface area contributed by atoms with E-state index in [2.05, 4.69) is 27.4 Å². The van der Waals surface area contributed by atoms with Gasteiger partial charge >= 0.3 is 5.97 Å². The van der Waals surface area contributed by atoms with Crippen molar-refractivity contribution < 1.29 is 14.3 Å². The lowest BCUT2D eigenvalue weighted by Crippen LogP contribution is -2.15. The van der Waals surface area contributed by atoms with E-state index in [1.54, 1.807) is 24.3 Å². The number of nitrogens with one attached hydrogen (secondary N) is 2. The van der Waals surface area contributed by atoms with Gasteiger partial charge in [0, 0.05) is 5.69 Å². The summed E-state index contributed by atoms with van der Waals surface area (Å²) in [6, 6.07) is 6.50. The van der Waals surface area contributed by atoms with Crippen LogP contribution in [-0.2, 0) is 9.53 Å². The molecule has 1 aromatic carbocycles. The van der Waals surface area contributed by atoms with Crippen molar-refractivity contribution in [3.63, 3.8) is 0 Å². The number of ether oxygens (including phenoxy) is 1. The fourth-order valence-electron chi connectivity index (χ4n) is 2.16. The number of carbonyl (C=O) groups excluding carboxylic acids is 2. The number of aromatic amines is 1. The number of unbranched alkanes of at least 4 members (excludes halogenated alkanes) is 3. The first-order valence-corrected chi connectivity index (χ1v) is 9.69. The van der Waals surface area contributed by atoms with Gasteiger partial charge in [0.1, 0.15) is 6.20 Å². The van der Waals surface area contributed by atoms with E-state index in [1.807, 2.05) is 0 Å². The van der Waals surface area contributed by atoms with Crippen molar-refractivity contribution in [3.05, 3.63) is 46.4 Å². The van der Waals surface area contributed by atoms with E-state index in [4.69, 9.17) is 4.74 Å². The molecule has 2 N–H and O–H groups in total. The largest absolute Gasteiger partial charge is 0.462 e. The number of rotatable bonds is 10. The average molecular weight is 390 g/mol. The summed E-state index contributed by atoms with van der Waals surface area (Å²) in [6.45, 7) is 2.54. The van der Waals surface area contributed by atoms with E-state index >= 15 is 0 Å². The van der Waals surface area contributed by atoms with Gasteiger partial charge in [-0.1, -0.05) is 37.9 Å². The number of hydrogen-bond donors (Lipinski definition) is 2. The van der Waals surface area contributed by atoms with Crippen LogP contribution in [0.25, 0.3) is 0 Å². The predicted octanol–water partition coefficient (Wildman–Crippen LogP) is 2.63. The molecule has 0 bridgehead atoms. The number of amides is 1. The first-order valence-electron chi connectivity index (χ1n) is 8.70. The summed E-state index contributed by atoms with van der Waals surface area (Å²) < 4.78 is 5.22. The van der Waals surface area contributed by atoms with Gasteiger partial charge < -0.3 is 10.1 Å². The minimum atomic E-state index is -0.374. The Hall–Kier alpha value is -2.68. The van der Waals surface area contributed by atoms with E-state index < -0.39 is 0 Å². The van der Waals surface area contributed by atoms with E-state index in [-0.39, 0.29) is 28.3 Å². The first kappa shape index (κ1) is 20.6. The number of carbonyl (C=O) groups is 2. The molecule has 0 aliphatic heterocycles. The summed E-state index contributed by atoms with van der Waals surface area (Å²) in [5, 5.41) is 10.2. The highest BCUT2D eigenvalue weighted by Crippen LogP contribution is 2.13. The van der Waals surface area contributed by atoms with E-state index in [0.29, 0.717) is 17.9 Å². The second-order valence-corrected chi connectivity index (χ2v) is 6.71. The lowest BCUT2D eigenvalue weighted by atomic mass is 10.2. The van der Waals surface area contributed by atoms with Gasteiger partial charge in [0.25, 0.3) is 5.56 Å². The zero-order chi connectivity index (χ0) is 19.5. The summed E-state index contributed by atoms with van der Waals surface area (Å²) in [5.41, 5.74) is 0.628. The minimum absolute atomic E-state index is 0.0657. The van der Waals surface area contributed by atoms with Gasteiger partial charge in [-0.3, -0.25) is 14.6 Å². The molecule has 0 unspecified atom stereocenters. The molecule has 8 nitrogen and oxygen atoms in total. The third-order valence-electron chi connectivity index (χ3n) is 3.53. The maximum atomic E-state index is 12.0. The van der Waals surface area contributed by atoms with Crippen LogP contribution in [0.2, 0.25) is 0 Å². The fraction of sp³-hybridized carbons (Fsp3) is 0.389. The molecule has 0 saturated heterocycles. The van der Waals surface area contributed by atoms with Crippen LogP contribution < -0.4 is 10.9 Å². The van der Waals surface area contributed by atoms with E-state index in [0.717, 1.165) is 43.6 Å². The van der Waals surface area contributed by atoms with E-state index in [1.165, 1.54) is 0 Å². The monoisotopic (exact) mass is 390 g/mol. The molecule has 0 aliphatic carbocycles. The molecule has 0 fully saturated rings. The number of nitrogens with zero attached hydrogens (tertiary/aromatic N) is 2. The predicted molar refractivity (Wildman–Crippen MR) is 103 cm³/mol. The molecule has 2 aromatic rings. The lowest BCUT2D eigenvalue weighted by Gasteiger charge is -2.07. The summed E-state index contributed by atoms with van der Waals surface area (Å²) in [7, 11) is 0. The molecule has 144 valence electrons. The Labute approximate surface area is 161 Å². The van der Waals surface area contributed by atoms with Crippen LogP contribution in [0.5, 0.6) is 0 Å². The van der Waals surface area contributed by atoms with Gasteiger partial charge in [-0.05, 0) is 30.7 Å². The molecule has 2 rings (SSSR count). The number of aromatic nitrogens is 3. The van der Waals surface area contributed by atoms with Crippen LogP contribution in [0.3, 0.4) is 0 Å². The highest BCUT2D eigenvalue weighted by molar-refractivity contribution is 7.99. The number of benzene rings is 1. The molecule has 27 heavy (non-hydrogen) atoms. The number of thioether (sulfide) groups is 1. The van der Waals surface area contributed by atoms with Gasteiger partial charge in [0.05, 0.1) is 17.9 Å². The van der Waals surface area contributed by atoms with Gasteiger partial charge in [-0.2, -0.15) is 5.10 Å². The molecular weight excluding hydrogens is 368 g/mol. The number of esters is 1. The molecule has 9 heteroatoms. The van der Waals surface area contributed by atoms with Gasteiger partial charge in [-0.15, -0.1) is 5.10 Å². The van der Waals surface area contributed by atoms with Crippen molar-refractivity contribution in [1.29, 1.82) is 0 Å². The van der Waals surface area contributed by atoms with Crippen molar-refractivity contribution in [2.75, 3.05) is 17.7 Å². The van der Waals surface area contributed by atoms with Gasteiger partial charge in [0.15, 0.2) is 5.16 Å². The fourth-order valence-corrected chi connectivity index (χ4v) is 2.78. The number of hydrogen-bond acceptors (Lipinski definition) is 7. The molecule has 1 aromatic heterocycles. The quantitative estimate of drug-likeness (QED) is 0.364. The Morgan fingerprint density at radius 1 is 1.19 bits per heavy atom. The standard InChI is InChI=1S/C18H22N4O4S/c1-2-3-4-5-10-26-17(25)13-6-8-14(9-7-13)20-16(24)12-27-18-21-15(23)11-19-22-18/h6-9,11H,2-5,10,12H2,1H3,(H,20,24)(H,21,22,23).